The van der Waals surface area contributed by atoms with Crippen LogP contribution in [0, 0.1) is 23.3 Å². The van der Waals surface area contributed by atoms with E-state index in [9.17, 15) is 31.9 Å². The van der Waals surface area contributed by atoms with Crippen LogP contribution in [-0.4, -0.2) is 30.3 Å². The van der Waals surface area contributed by atoms with Crippen molar-refractivity contribution < 1.29 is 36.8 Å². The molecule has 0 radical (unpaired) electrons. The van der Waals surface area contributed by atoms with Gasteiger partial charge in [-0.1, -0.05) is 0 Å². The highest BCUT2D eigenvalue weighted by molar-refractivity contribution is 6.00. The van der Waals surface area contributed by atoms with E-state index in [4.69, 9.17) is 0 Å². The van der Waals surface area contributed by atoms with E-state index in [1.807, 2.05) is 0 Å². The summed E-state index contributed by atoms with van der Waals surface area (Å²) in [5.74, 6) is -7.59. The van der Waals surface area contributed by atoms with Gasteiger partial charge in [-0.05, 0) is 0 Å². The number of carbonyl (C=O) groups excluding carboxylic acids is 3. The molecule has 22 heavy (non-hydrogen) atoms. The predicted octanol–water partition coefficient (Wildman–Crippen LogP) is 1.33. The maximum Gasteiger partial charge on any atom is 0.253 e. The molecule has 2 rings (SSSR count). The van der Waals surface area contributed by atoms with Crippen molar-refractivity contribution in [2.24, 2.45) is 0 Å². The van der Waals surface area contributed by atoms with Crippen LogP contribution < -0.4 is 5.73 Å². The molecule has 1 aliphatic rings. The Hall–Kier alpha value is -2.49. The maximum absolute atomic E-state index is 12.6. The number of aldehydes is 1. The highest BCUT2D eigenvalue weighted by Gasteiger charge is 2.28. The lowest BCUT2D eigenvalue weighted by atomic mass is 10.1. The van der Waals surface area contributed by atoms with Gasteiger partial charge in [0.15, 0.2) is 29.6 Å². The van der Waals surface area contributed by atoms with E-state index in [0.717, 1.165) is 5.06 Å². The van der Waals surface area contributed by atoms with Crippen LogP contribution in [0.25, 0.3) is 0 Å². The van der Waals surface area contributed by atoms with Crippen LogP contribution in [0.15, 0.2) is 0 Å². The number of nitrogen functional groups attached to an aromatic ring is 1. The van der Waals surface area contributed by atoms with Gasteiger partial charge in [0.25, 0.3) is 11.8 Å². The predicted molar refractivity (Wildman–Crippen MR) is 64.2 cm³/mol. The Bertz CT molecular complexity index is 591. The van der Waals surface area contributed by atoms with Crippen molar-refractivity contribution in [2.75, 3.05) is 12.8 Å². The minimum absolute atomic E-state index is 0.248. The number of halogens is 4. The Morgan fingerprint density at radius 2 is 1.41 bits per heavy atom. The summed E-state index contributed by atoms with van der Waals surface area (Å²) >= 11 is 0. The third-order valence-corrected chi connectivity index (χ3v) is 2.64. The van der Waals surface area contributed by atoms with Crippen molar-refractivity contribution >= 4 is 23.8 Å². The lowest BCUT2D eigenvalue weighted by molar-refractivity contribution is -0.179. The Morgan fingerprint density at radius 1 is 1.00 bits per heavy atom. The molecule has 1 saturated heterocycles. The first-order valence-electron chi connectivity index (χ1n) is 5.72. The Balaban J connectivity index is 0.000000235. The van der Waals surface area contributed by atoms with Gasteiger partial charge in [-0.2, -0.15) is 5.06 Å². The summed E-state index contributed by atoms with van der Waals surface area (Å²) in [6, 6.07) is 0. The molecule has 0 spiro atoms. The van der Waals surface area contributed by atoms with Gasteiger partial charge in [-0.3, -0.25) is 19.2 Å². The number of imide groups is 1. The molecule has 1 aliphatic heterocycles. The Labute approximate surface area is 121 Å². The van der Waals surface area contributed by atoms with Crippen molar-refractivity contribution in [1.29, 1.82) is 0 Å². The number of hydroxylamine groups is 2. The highest BCUT2D eigenvalue weighted by atomic mass is 19.2. The van der Waals surface area contributed by atoms with Gasteiger partial charge in [-0.15, -0.1) is 0 Å². The molecule has 0 aromatic heterocycles. The van der Waals surface area contributed by atoms with Crippen LogP contribution in [0.3, 0.4) is 0 Å². The average molecular weight is 322 g/mol. The second-order valence-corrected chi connectivity index (χ2v) is 3.97. The SMILES string of the molecule is CON1C(=O)CCC1=O.Nc1c(F)c(F)c(C=O)c(F)c1F. The fourth-order valence-corrected chi connectivity index (χ4v) is 1.53. The van der Waals surface area contributed by atoms with E-state index >= 15 is 0 Å². The van der Waals surface area contributed by atoms with Crippen molar-refractivity contribution in [3.63, 3.8) is 0 Å². The van der Waals surface area contributed by atoms with Gasteiger partial charge in [0.05, 0.1) is 12.7 Å². The summed E-state index contributed by atoms with van der Waals surface area (Å²) in [6.07, 6.45) is 0.246. The number of hydrogen-bond acceptors (Lipinski definition) is 5. The summed E-state index contributed by atoms with van der Waals surface area (Å²) < 4.78 is 50.3. The number of carbonyl (C=O) groups is 3. The van der Waals surface area contributed by atoms with Gasteiger partial charge >= 0.3 is 0 Å². The van der Waals surface area contributed by atoms with E-state index in [2.05, 4.69) is 10.6 Å². The molecule has 1 aromatic carbocycles. The lowest BCUT2D eigenvalue weighted by Gasteiger charge is -2.07. The number of amides is 2. The second-order valence-electron chi connectivity index (χ2n) is 3.97. The number of hydrogen-bond donors (Lipinski definition) is 1. The van der Waals surface area contributed by atoms with Crippen LogP contribution in [0.1, 0.15) is 23.2 Å². The zero-order valence-electron chi connectivity index (χ0n) is 11.2. The van der Waals surface area contributed by atoms with E-state index in [1.54, 1.807) is 0 Å². The molecule has 0 atom stereocenters. The molecule has 6 nitrogen and oxygen atoms in total. The van der Waals surface area contributed by atoms with Crippen LogP contribution in [0.2, 0.25) is 0 Å². The molecule has 0 saturated carbocycles. The molecule has 0 aliphatic carbocycles. The number of anilines is 1. The van der Waals surface area contributed by atoms with Crippen molar-refractivity contribution in [3.05, 3.63) is 28.8 Å². The van der Waals surface area contributed by atoms with Crippen molar-refractivity contribution in [3.8, 4) is 0 Å². The largest absolute Gasteiger partial charge is 0.394 e. The van der Waals surface area contributed by atoms with Gasteiger partial charge in [-0.25, -0.2) is 17.6 Å². The molecular weight excluding hydrogens is 312 g/mol. The number of nitrogens with zero attached hydrogens (tertiary/aromatic N) is 1. The smallest absolute Gasteiger partial charge is 0.253 e. The Kier molecular flexibility index (Phi) is 5.57. The summed E-state index contributed by atoms with van der Waals surface area (Å²) in [7, 11) is 1.31. The minimum atomic E-state index is -1.79. The van der Waals surface area contributed by atoms with E-state index in [0.29, 0.717) is 0 Å². The quantitative estimate of drug-likeness (QED) is 0.292. The summed E-state index contributed by atoms with van der Waals surface area (Å²) in [6.45, 7) is 0. The number of rotatable bonds is 2. The fourth-order valence-electron chi connectivity index (χ4n) is 1.53. The minimum Gasteiger partial charge on any atom is -0.394 e. The molecule has 2 N–H and O–H groups in total. The summed E-state index contributed by atoms with van der Waals surface area (Å²) in [5, 5.41) is 0.792. The molecule has 1 fully saturated rings. The van der Waals surface area contributed by atoms with E-state index in [1.165, 1.54) is 7.11 Å². The van der Waals surface area contributed by atoms with Gasteiger partial charge in [0.2, 0.25) is 0 Å². The van der Waals surface area contributed by atoms with Crippen LogP contribution in [0.5, 0.6) is 0 Å². The van der Waals surface area contributed by atoms with E-state index in [-0.39, 0.29) is 30.9 Å². The third-order valence-electron chi connectivity index (χ3n) is 2.64. The standard InChI is InChI=1S/C7H3F4NO.C5H7NO3/c8-3-2(1-13)4(9)6(11)7(12)5(3)10;1-9-6-4(7)2-3-5(6)8/h1H,12H2;2-3H2,1H3. The van der Waals surface area contributed by atoms with Gasteiger partial charge in [0.1, 0.15) is 5.69 Å². The Morgan fingerprint density at radius 3 is 1.68 bits per heavy atom. The average Bonchev–Trinajstić information content (AvgIpc) is 2.83. The first kappa shape index (κ1) is 17.6. The van der Waals surface area contributed by atoms with Crippen molar-refractivity contribution in [1.82, 2.24) is 5.06 Å². The van der Waals surface area contributed by atoms with Gasteiger partial charge in [0, 0.05) is 12.8 Å². The molecule has 120 valence electrons. The zero-order valence-corrected chi connectivity index (χ0v) is 11.2. The van der Waals surface area contributed by atoms with Crippen LogP contribution in [0.4, 0.5) is 23.2 Å². The first-order valence-corrected chi connectivity index (χ1v) is 5.72. The lowest BCUT2D eigenvalue weighted by Crippen LogP contribution is -2.27. The van der Waals surface area contributed by atoms with Crippen LogP contribution in [-0.2, 0) is 14.4 Å². The monoisotopic (exact) mass is 322 g/mol. The summed E-state index contributed by atoms with van der Waals surface area (Å²) in [5.41, 5.74) is 2.08. The molecular formula is C12H10F4N2O4. The molecule has 2 amide bonds. The summed E-state index contributed by atoms with van der Waals surface area (Å²) in [4.78, 5) is 35.7. The molecule has 10 heteroatoms. The highest BCUT2D eigenvalue weighted by Crippen LogP contribution is 2.24. The molecule has 1 aromatic rings. The van der Waals surface area contributed by atoms with Gasteiger partial charge < -0.3 is 5.73 Å². The van der Waals surface area contributed by atoms with Crippen LogP contribution >= 0.6 is 0 Å². The molecule has 1 heterocycles. The fraction of sp³-hybridized carbons (Fsp3) is 0.250. The topological polar surface area (TPSA) is 89.7 Å². The second kappa shape index (κ2) is 6.98. The normalized spacial score (nSPS) is 14.0. The number of benzene rings is 1. The first-order chi connectivity index (χ1) is 10.3. The maximum atomic E-state index is 12.6. The molecule has 0 bridgehead atoms. The zero-order chi connectivity index (χ0) is 17.0. The molecule has 0 unspecified atom stereocenters. The third kappa shape index (κ3) is 3.22. The number of nitrogens with two attached hydrogens (primary N) is 1. The van der Waals surface area contributed by atoms with E-state index < -0.39 is 34.5 Å². The van der Waals surface area contributed by atoms with Crippen molar-refractivity contribution in [2.45, 2.75) is 12.8 Å².